The van der Waals surface area contributed by atoms with Crippen LogP contribution in [-0.4, -0.2) is 28.7 Å². The summed E-state index contributed by atoms with van der Waals surface area (Å²) in [6.07, 6.45) is -4.80. The number of carboxylic acid groups (broad SMARTS) is 1. The van der Waals surface area contributed by atoms with Gasteiger partial charge in [-0.15, -0.1) is 0 Å². The van der Waals surface area contributed by atoms with Crippen LogP contribution in [0, 0.1) is 0 Å². The van der Waals surface area contributed by atoms with Crippen LogP contribution in [0.2, 0.25) is 0 Å². The van der Waals surface area contributed by atoms with E-state index in [1.54, 1.807) is 0 Å². The van der Waals surface area contributed by atoms with E-state index in [0.717, 1.165) is 6.07 Å². The zero-order chi connectivity index (χ0) is 14.3. The fraction of sp³-hybridized carbons (Fsp3) is 0.333. The van der Waals surface area contributed by atoms with E-state index in [1.165, 1.54) is 18.2 Å². The molecule has 0 atom stereocenters. The Kier molecular flexibility index (Phi) is 3.00. The van der Waals surface area contributed by atoms with Gasteiger partial charge in [0.05, 0.1) is 5.56 Å². The van der Waals surface area contributed by atoms with E-state index < -0.39 is 23.6 Å². The second-order valence-electron chi connectivity index (χ2n) is 4.42. The van der Waals surface area contributed by atoms with Crippen molar-refractivity contribution in [2.75, 3.05) is 0 Å². The zero-order valence-corrected chi connectivity index (χ0v) is 9.62. The van der Waals surface area contributed by atoms with Gasteiger partial charge in [0, 0.05) is 5.56 Å². The molecular weight excluding hydrogens is 263 g/mol. The Morgan fingerprint density at radius 1 is 1.21 bits per heavy atom. The Hall–Kier alpha value is -2.05. The van der Waals surface area contributed by atoms with E-state index in [4.69, 9.17) is 5.11 Å². The summed E-state index contributed by atoms with van der Waals surface area (Å²) in [5.74, 6) is -2.16. The molecule has 2 rings (SSSR count). The molecule has 19 heavy (non-hydrogen) atoms. The normalized spacial score (nSPS) is 16.8. The van der Waals surface area contributed by atoms with Gasteiger partial charge in [-0.05, 0) is 31.0 Å². The van der Waals surface area contributed by atoms with Crippen molar-refractivity contribution in [1.82, 2.24) is 5.32 Å². The lowest BCUT2D eigenvalue weighted by Crippen LogP contribution is -2.47. The minimum absolute atomic E-state index is 0.101. The summed E-state index contributed by atoms with van der Waals surface area (Å²) in [5.41, 5.74) is -2.40. The molecule has 0 heterocycles. The number of benzene rings is 1. The van der Waals surface area contributed by atoms with Crippen LogP contribution in [0.5, 0.6) is 0 Å². The van der Waals surface area contributed by atoms with Gasteiger partial charge < -0.3 is 10.4 Å². The van der Waals surface area contributed by atoms with Crippen molar-refractivity contribution < 1.29 is 27.9 Å². The molecule has 102 valence electrons. The van der Waals surface area contributed by atoms with E-state index in [-0.39, 0.29) is 24.0 Å². The second-order valence-corrected chi connectivity index (χ2v) is 4.42. The van der Waals surface area contributed by atoms with Crippen molar-refractivity contribution in [3.8, 4) is 0 Å². The summed E-state index contributed by atoms with van der Waals surface area (Å²) in [5, 5.41) is 10.7. The van der Waals surface area contributed by atoms with Gasteiger partial charge in [0.15, 0.2) is 0 Å². The van der Waals surface area contributed by atoms with Crippen LogP contribution < -0.4 is 5.32 Å². The molecule has 1 aromatic carbocycles. The number of amides is 1. The van der Waals surface area contributed by atoms with Crippen LogP contribution in [0.4, 0.5) is 13.2 Å². The molecule has 0 aliphatic heterocycles. The SMILES string of the molecule is O=C(O)c1cccc(C(=O)NC2(C(F)(F)F)CC2)c1. The zero-order valence-electron chi connectivity index (χ0n) is 9.62. The average molecular weight is 273 g/mol. The highest BCUT2D eigenvalue weighted by molar-refractivity contribution is 5.98. The molecule has 0 aromatic heterocycles. The predicted octanol–water partition coefficient (Wildman–Crippen LogP) is 2.21. The Morgan fingerprint density at radius 3 is 2.26 bits per heavy atom. The van der Waals surface area contributed by atoms with Crippen molar-refractivity contribution >= 4 is 11.9 Å². The smallest absolute Gasteiger partial charge is 0.411 e. The van der Waals surface area contributed by atoms with Gasteiger partial charge in [-0.25, -0.2) is 4.79 Å². The Balaban J connectivity index is 2.17. The van der Waals surface area contributed by atoms with E-state index in [1.807, 2.05) is 5.32 Å². The molecule has 1 aliphatic rings. The number of aromatic carboxylic acids is 1. The topological polar surface area (TPSA) is 66.4 Å². The highest BCUT2D eigenvalue weighted by Gasteiger charge is 2.64. The third-order valence-electron chi connectivity index (χ3n) is 3.02. The summed E-state index contributed by atoms with van der Waals surface area (Å²) in [7, 11) is 0. The van der Waals surface area contributed by atoms with Crippen LogP contribution in [0.3, 0.4) is 0 Å². The lowest BCUT2D eigenvalue weighted by atomic mass is 10.1. The number of rotatable bonds is 3. The Bertz CT molecular complexity index is 535. The van der Waals surface area contributed by atoms with Crippen LogP contribution in [0.1, 0.15) is 33.6 Å². The number of hydrogen-bond donors (Lipinski definition) is 2. The molecule has 0 spiro atoms. The number of hydrogen-bond acceptors (Lipinski definition) is 2. The minimum atomic E-state index is -4.49. The van der Waals surface area contributed by atoms with Gasteiger partial charge in [-0.3, -0.25) is 4.79 Å². The van der Waals surface area contributed by atoms with E-state index in [9.17, 15) is 22.8 Å². The number of carbonyl (C=O) groups excluding carboxylic acids is 1. The summed E-state index contributed by atoms with van der Waals surface area (Å²) < 4.78 is 38.0. The standard InChI is InChI=1S/C12H10F3NO3/c13-12(14,15)11(4-5-11)16-9(17)7-2-1-3-8(6-7)10(18)19/h1-3,6H,4-5H2,(H,16,17)(H,18,19). The van der Waals surface area contributed by atoms with Crippen molar-refractivity contribution in [3.63, 3.8) is 0 Å². The van der Waals surface area contributed by atoms with E-state index in [0.29, 0.717) is 0 Å². The maximum atomic E-state index is 12.7. The van der Waals surface area contributed by atoms with E-state index in [2.05, 4.69) is 0 Å². The largest absolute Gasteiger partial charge is 0.478 e. The first-order chi connectivity index (χ1) is 8.75. The quantitative estimate of drug-likeness (QED) is 0.887. The number of nitrogens with one attached hydrogen (secondary N) is 1. The Labute approximate surface area is 106 Å². The van der Waals surface area contributed by atoms with Crippen molar-refractivity contribution in [2.24, 2.45) is 0 Å². The molecule has 7 heteroatoms. The predicted molar refractivity (Wildman–Crippen MR) is 58.9 cm³/mol. The van der Waals surface area contributed by atoms with Crippen LogP contribution in [0.15, 0.2) is 24.3 Å². The van der Waals surface area contributed by atoms with Gasteiger partial charge >= 0.3 is 12.1 Å². The van der Waals surface area contributed by atoms with Crippen molar-refractivity contribution in [1.29, 1.82) is 0 Å². The summed E-state index contributed by atoms with van der Waals surface area (Å²) in [4.78, 5) is 22.4. The van der Waals surface area contributed by atoms with Crippen LogP contribution in [0.25, 0.3) is 0 Å². The van der Waals surface area contributed by atoms with Crippen LogP contribution >= 0.6 is 0 Å². The van der Waals surface area contributed by atoms with E-state index >= 15 is 0 Å². The highest BCUT2D eigenvalue weighted by atomic mass is 19.4. The molecule has 0 unspecified atom stereocenters. The molecule has 0 bridgehead atoms. The first-order valence-electron chi connectivity index (χ1n) is 5.48. The number of carbonyl (C=O) groups is 2. The summed E-state index contributed by atoms with van der Waals surface area (Å²) in [6, 6.07) is 4.89. The van der Waals surface area contributed by atoms with Gasteiger partial charge in [0.2, 0.25) is 0 Å². The van der Waals surface area contributed by atoms with Crippen molar-refractivity contribution in [3.05, 3.63) is 35.4 Å². The number of halogens is 3. The molecule has 0 radical (unpaired) electrons. The first kappa shape index (κ1) is 13.4. The Morgan fingerprint density at radius 2 is 1.79 bits per heavy atom. The molecule has 1 saturated carbocycles. The van der Waals surface area contributed by atoms with Gasteiger partial charge in [0.25, 0.3) is 5.91 Å². The van der Waals surface area contributed by atoms with Crippen LogP contribution in [-0.2, 0) is 0 Å². The molecule has 1 aliphatic carbocycles. The third-order valence-corrected chi connectivity index (χ3v) is 3.02. The minimum Gasteiger partial charge on any atom is -0.478 e. The fourth-order valence-electron chi connectivity index (χ4n) is 1.69. The monoisotopic (exact) mass is 273 g/mol. The average Bonchev–Trinajstić information content (AvgIpc) is 3.09. The maximum absolute atomic E-state index is 12.7. The molecule has 0 saturated heterocycles. The third kappa shape index (κ3) is 2.54. The number of alkyl halides is 3. The molecule has 1 fully saturated rings. The molecule has 1 aromatic rings. The number of carboxylic acids is 1. The van der Waals surface area contributed by atoms with Gasteiger partial charge in [-0.2, -0.15) is 13.2 Å². The lowest BCUT2D eigenvalue weighted by Gasteiger charge is -2.20. The molecule has 1 amide bonds. The molecular formula is C12H10F3NO3. The fourth-order valence-corrected chi connectivity index (χ4v) is 1.69. The summed E-state index contributed by atoms with van der Waals surface area (Å²) in [6.45, 7) is 0. The van der Waals surface area contributed by atoms with Gasteiger partial charge in [0.1, 0.15) is 5.54 Å². The summed E-state index contributed by atoms with van der Waals surface area (Å²) >= 11 is 0. The van der Waals surface area contributed by atoms with Crippen molar-refractivity contribution in [2.45, 2.75) is 24.6 Å². The lowest BCUT2D eigenvalue weighted by molar-refractivity contribution is -0.163. The molecule has 4 nitrogen and oxygen atoms in total. The maximum Gasteiger partial charge on any atom is 0.411 e. The molecule has 2 N–H and O–H groups in total. The second kappa shape index (κ2) is 4.25. The highest BCUT2D eigenvalue weighted by Crippen LogP contribution is 2.49. The first-order valence-corrected chi connectivity index (χ1v) is 5.48. The van der Waals surface area contributed by atoms with Gasteiger partial charge in [-0.1, -0.05) is 6.07 Å².